The van der Waals surface area contributed by atoms with Gasteiger partial charge in [-0.25, -0.2) is 0 Å². The van der Waals surface area contributed by atoms with Crippen LogP contribution in [0.1, 0.15) is 12.8 Å². The smallest absolute Gasteiger partial charge is 0.252 e. The average molecular weight is 213 g/mol. The molecule has 2 rings (SSSR count). The molecule has 0 aromatic rings. The van der Waals surface area contributed by atoms with Crippen molar-refractivity contribution in [3.05, 3.63) is 0 Å². The summed E-state index contributed by atoms with van der Waals surface area (Å²) in [6.45, 7) is 3.60. The maximum Gasteiger partial charge on any atom is 0.252 e. The van der Waals surface area contributed by atoms with Crippen molar-refractivity contribution in [2.75, 3.05) is 32.7 Å². The van der Waals surface area contributed by atoms with Gasteiger partial charge in [-0.05, 0) is 19.4 Å². The van der Waals surface area contributed by atoms with Crippen molar-refractivity contribution in [2.45, 2.75) is 25.0 Å². The summed E-state index contributed by atoms with van der Waals surface area (Å²) in [5.74, 6) is -0.205. The molecule has 2 fully saturated rings. The fourth-order valence-electron chi connectivity index (χ4n) is 2.50. The highest BCUT2D eigenvalue weighted by molar-refractivity contribution is 5.81. The first-order valence-electron chi connectivity index (χ1n) is 5.63. The predicted octanol–water partition coefficient (Wildman–Crippen LogP) is -1.39. The summed E-state index contributed by atoms with van der Waals surface area (Å²) in [7, 11) is 0. The third kappa shape index (κ3) is 2.14. The van der Waals surface area contributed by atoms with Crippen LogP contribution in [0.4, 0.5) is 0 Å². The lowest BCUT2D eigenvalue weighted by molar-refractivity contribution is -0.142. The molecule has 2 atom stereocenters. The average Bonchev–Trinajstić information content (AvgIpc) is 2.73. The van der Waals surface area contributed by atoms with Gasteiger partial charge >= 0.3 is 0 Å². The van der Waals surface area contributed by atoms with Crippen LogP contribution in [-0.4, -0.2) is 65.7 Å². The number of aliphatic hydroxyl groups is 1. The zero-order valence-corrected chi connectivity index (χ0v) is 8.93. The maximum atomic E-state index is 11.7. The normalized spacial score (nSPS) is 28.9. The number of hydrogen-bond acceptors (Lipinski definition) is 4. The minimum absolute atomic E-state index is 0.0176. The monoisotopic (exact) mass is 213 g/mol. The van der Waals surface area contributed by atoms with E-state index in [0.717, 1.165) is 26.2 Å². The fraction of sp³-hybridized carbons (Fsp3) is 0.900. The Labute approximate surface area is 89.8 Å². The molecule has 86 valence electrons. The van der Waals surface area contributed by atoms with Gasteiger partial charge < -0.3 is 15.7 Å². The van der Waals surface area contributed by atoms with Gasteiger partial charge in [-0.1, -0.05) is 0 Å². The fourth-order valence-corrected chi connectivity index (χ4v) is 2.50. The number of fused-ring (bicyclic) bond motifs is 1. The minimum atomic E-state index is -1.02. The summed E-state index contributed by atoms with van der Waals surface area (Å²) in [6.07, 6.45) is 1.38. The Morgan fingerprint density at radius 1 is 1.47 bits per heavy atom. The van der Waals surface area contributed by atoms with E-state index in [4.69, 9.17) is 5.73 Å². The highest BCUT2D eigenvalue weighted by Gasteiger charge is 2.33. The second-order valence-electron chi connectivity index (χ2n) is 4.37. The topological polar surface area (TPSA) is 69.8 Å². The van der Waals surface area contributed by atoms with Crippen molar-refractivity contribution < 1.29 is 9.90 Å². The lowest BCUT2D eigenvalue weighted by Gasteiger charge is -2.38. The zero-order chi connectivity index (χ0) is 10.8. The molecule has 3 N–H and O–H groups in total. The van der Waals surface area contributed by atoms with Crippen LogP contribution in [0.15, 0.2) is 0 Å². The number of rotatable bonds is 2. The second kappa shape index (κ2) is 4.47. The number of carbonyl (C=O) groups is 1. The van der Waals surface area contributed by atoms with E-state index in [1.807, 2.05) is 0 Å². The van der Waals surface area contributed by atoms with E-state index < -0.39 is 6.10 Å². The number of piperazine rings is 1. The number of amides is 1. The van der Waals surface area contributed by atoms with Crippen LogP contribution in [0.2, 0.25) is 0 Å². The molecule has 2 aliphatic heterocycles. The van der Waals surface area contributed by atoms with Crippen LogP contribution >= 0.6 is 0 Å². The van der Waals surface area contributed by atoms with Crippen molar-refractivity contribution in [1.29, 1.82) is 0 Å². The van der Waals surface area contributed by atoms with Gasteiger partial charge in [0.15, 0.2) is 0 Å². The van der Waals surface area contributed by atoms with Crippen molar-refractivity contribution in [3.63, 3.8) is 0 Å². The standard InChI is InChI=1S/C10H19N3O2/c11-6-9(14)10(15)13-5-4-12-3-1-2-8(12)7-13/h8-9,14H,1-7,11H2. The van der Waals surface area contributed by atoms with Crippen LogP contribution in [0.25, 0.3) is 0 Å². The largest absolute Gasteiger partial charge is 0.382 e. The van der Waals surface area contributed by atoms with Gasteiger partial charge in [0.25, 0.3) is 5.91 Å². The van der Waals surface area contributed by atoms with Crippen LogP contribution in [0, 0.1) is 0 Å². The van der Waals surface area contributed by atoms with Crippen molar-refractivity contribution in [2.24, 2.45) is 5.73 Å². The molecule has 2 heterocycles. The van der Waals surface area contributed by atoms with Gasteiger partial charge in [-0.15, -0.1) is 0 Å². The van der Waals surface area contributed by atoms with Crippen molar-refractivity contribution >= 4 is 5.91 Å². The molecule has 0 spiro atoms. The van der Waals surface area contributed by atoms with Crippen LogP contribution in [0.5, 0.6) is 0 Å². The van der Waals surface area contributed by atoms with Gasteiger partial charge in [-0.2, -0.15) is 0 Å². The van der Waals surface area contributed by atoms with Crippen molar-refractivity contribution in [3.8, 4) is 0 Å². The molecule has 0 bridgehead atoms. The molecule has 1 amide bonds. The zero-order valence-electron chi connectivity index (χ0n) is 8.93. The van der Waals surface area contributed by atoms with E-state index in [2.05, 4.69) is 4.90 Å². The minimum Gasteiger partial charge on any atom is -0.382 e. The predicted molar refractivity (Wildman–Crippen MR) is 56.2 cm³/mol. The molecule has 15 heavy (non-hydrogen) atoms. The molecule has 2 unspecified atom stereocenters. The molecule has 5 heteroatoms. The molecule has 0 aromatic carbocycles. The Morgan fingerprint density at radius 3 is 3.00 bits per heavy atom. The lowest BCUT2D eigenvalue weighted by atomic mass is 10.1. The Balaban J connectivity index is 1.92. The van der Waals surface area contributed by atoms with Crippen LogP contribution in [-0.2, 0) is 4.79 Å². The van der Waals surface area contributed by atoms with Gasteiger partial charge in [-0.3, -0.25) is 9.69 Å². The van der Waals surface area contributed by atoms with E-state index in [-0.39, 0.29) is 12.5 Å². The first-order chi connectivity index (χ1) is 7.22. The Kier molecular flexibility index (Phi) is 3.23. The maximum absolute atomic E-state index is 11.7. The molecule has 0 aliphatic carbocycles. The first-order valence-corrected chi connectivity index (χ1v) is 5.63. The lowest BCUT2D eigenvalue weighted by Crippen LogP contribution is -2.55. The molecular weight excluding hydrogens is 194 g/mol. The molecular formula is C10H19N3O2. The summed E-state index contributed by atoms with van der Waals surface area (Å²) in [6, 6.07) is 0.507. The summed E-state index contributed by atoms with van der Waals surface area (Å²) in [5.41, 5.74) is 5.28. The quantitative estimate of drug-likeness (QED) is 0.593. The Bertz CT molecular complexity index is 247. The molecule has 0 aromatic heterocycles. The van der Waals surface area contributed by atoms with Gasteiger partial charge in [0.05, 0.1) is 0 Å². The van der Waals surface area contributed by atoms with Crippen LogP contribution in [0.3, 0.4) is 0 Å². The van der Waals surface area contributed by atoms with Gasteiger partial charge in [0.1, 0.15) is 6.10 Å². The van der Waals surface area contributed by atoms with E-state index in [1.54, 1.807) is 4.90 Å². The van der Waals surface area contributed by atoms with E-state index in [0.29, 0.717) is 6.04 Å². The molecule has 5 nitrogen and oxygen atoms in total. The molecule has 2 saturated heterocycles. The molecule has 0 radical (unpaired) electrons. The van der Waals surface area contributed by atoms with Crippen LogP contribution < -0.4 is 5.73 Å². The Hall–Kier alpha value is -0.650. The van der Waals surface area contributed by atoms with E-state index in [1.165, 1.54) is 12.8 Å². The van der Waals surface area contributed by atoms with Gasteiger partial charge in [0, 0.05) is 32.2 Å². The third-order valence-electron chi connectivity index (χ3n) is 3.41. The molecule has 2 aliphatic rings. The highest BCUT2D eigenvalue weighted by Crippen LogP contribution is 2.21. The number of nitrogens with zero attached hydrogens (tertiary/aromatic N) is 2. The van der Waals surface area contributed by atoms with E-state index >= 15 is 0 Å². The first kappa shape index (κ1) is 10.9. The number of hydrogen-bond donors (Lipinski definition) is 2. The molecule has 0 saturated carbocycles. The summed E-state index contributed by atoms with van der Waals surface area (Å²) in [4.78, 5) is 15.9. The number of carbonyl (C=O) groups excluding carboxylic acids is 1. The summed E-state index contributed by atoms with van der Waals surface area (Å²) < 4.78 is 0. The number of aliphatic hydroxyl groups excluding tert-OH is 1. The SMILES string of the molecule is NCC(O)C(=O)N1CCN2CCCC2C1. The van der Waals surface area contributed by atoms with E-state index in [9.17, 15) is 9.90 Å². The van der Waals surface area contributed by atoms with Gasteiger partial charge in [0.2, 0.25) is 0 Å². The van der Waals surface area contributed by atoms with Crippen molar-refractivity contribution in [1.82, 2.24) is 9.80 Å². The summed E-state index contributed by atoms with van der Waals surface area (Å²) >= 11 is 0. The third-order valence-corrected chi connectivity index (χ3v) is 3.41. The highest BCUT2D eigenvalue weighted by atomic mass is 16.3. The number of nitrogens with two attached hydrogens (primary N) is 1. The Morgan fingerprint density at radius 2 is 2.27 bits per heavy atom. The summed E-state index contributed by atoms with van der Waals surface area (Å²) in [5, 5.41) is 9.39. The second-order valence-corrected chi connectivity index (χ2v) is 4.37.